The molecule has 2 aromatic carbocycles. The lowest BCUT2D eigenvalue weighted by atomic mass is 9.92. The zero-order valence-corrected chi connectivity index (χ0v) is 22.8. The van der Waals surface area contributed by atoms with Gasteiger partial charge < -0.3 is 9.64 Å². The molecular formula is C30H41ClN2O2. The van der Waals surface area contributed by atoms with Gasteiger partial charge in [0.25, 0.3) is 5.91 Å². The number of carbonyl (C=O) groups is 1. The molecule has 2 fully saturated rings. The van der Waals surface area contributed by atoms with Crippen molar-refractivity contribution in [1.29, 1.82) is 0 Å². The second-order valence-electron chi connectivity index (χ2n) is 9.16. The molecule has 0 unspecified atom stereocenters. The van der Waals surface area contributed by atoms with E-state index in [4.69, 9.17) is 16.3 Å². The largest absolute Gasteiger partial charge is 0.494 e. The highest BCUT2D eigenvalue weighted by molar-refractivity contribution is 6.31. The molecule has 0 N–H and O–H groups in total. The topological polar surface area (TPSA) is 32.8 Å². The molecule has 0 aliphatic carbocycles. The average molecular weight is 497 g/mol. The number of benzene rings is 2. The molecule has 0 spiro atoms. The predicted molar refractivity (Wildman–Crippen MR) is 147 cm³/mol. The Labute approximate surface area is 216 Å². The van der Waals surface area contributed by atoms with Crippen molar-refractivity contribution >= 4 is 23.1 Å². The van der Waals surface area contributed by atoms with Crippen LogP contribution < -0.4 is 4.74 Å². The van der Waals surface area contributed by atoms with E-state index in [0.717, 1.165) is 68.7 Å². The molecule has 4 nitrogen and oxygen atoms in total. The van der Waals surface area contributed by atoms with Gasteiger partial charge >= 0.3 is 0 Å². The summed E-state index contributed by atoms with van der Waals surface area (Å²) >= 11 is 6.23. The van der Waals surface area contributed by atoms with Gasteiger partial charge in [0, 0.05) is 42.8 Å². The molecule has 190 valence electrons. The number of piperidine rings is 2. The number of nitrogens with zero attached hydrogens (tertiary/aromatic N) is 2. The summed E-state index contributed by atoms with van der Waals surface area (Å²) in [6.45, 7) is 14.7. The van der Waals surface area contributed by atoms with Crippen LogP contribution in [0.4, 0.5) is 0 Å². The lowest BCUT2D eigenvalue weighted by Crippen LogP contribution is -2.48. The molecule has 35 heavy (non-hydrogen) atoms. The van der Waals surface area contributed by atoms with Gasteiger partial charge in [-0.1, -0.05) is 49.2 Å². The number of halogens is 1. The van der Waals surface area contributed by atoms with Crippen LogP contribution in [0.25, 0.3) is 5.57 Å². The molecule has 2 aromatic rings. The molecule has 0 atom stereocenters. The third kappa shape index (κ3) is 6.68. The van der Waals surface area contributed by atoms with Crippen molar-refractivity contribution in [3.05, 3.63) is 69.8 Å². The van der Waals surface area contributed by atoms with Crippen molar-refractivity contribution in [1.82, 2.24) is 9.80 Å². The Bertz CT molecular complexity index is 998. The number of rotatable bonds is 5. The SMILES string of the molecule is CC.CCOc1ccc(C(C)=C2CCN(C3CCN(C(=O)c4cccc(Cl)c4C)CC3)CC2)cc1. The maximum atomic E-state index is 13.0. The minimum atomic E-state index is 0.114. The van der Waals surface area contributed by atoms with E-state index >= 15 is 0 Å². The first-order valence-electron chi connectivity index (χ1n) is 13.2. The number of ether oxygens (including phenoxy) is 1. The normalized spacial score (nSPS) is 17.0. The van der Waals surface area contributed by atoms with Gasteiger partial charge in [-0.05, 0) is 87.4 Å². The van der Waals surface area contributed by atoms with Gasteiger partial charge in [-0.3, -0.25) is 9.69 Å². The van der Waals surface area contributed by atoms with Crippen LogP contribution in [0.15, 0.2) is 48.0 Å². The summed E-state index contributed by atoms with van der Waals surface area (Å²) in [5.41, 5.74) is 5.89. The summed E-state index contributed by atoms with van der Waals surface area (Å²) in [4.78, 5) is 17.6. The van der Waals surface area contributed by atoms with Crippen molar-refractivity contribution in [3.63, 3.8) is 0 Å². The lowest BCUT2D eigenvalue weighted by Gasteiger charge is -2.41. The van der Waals surface area contributed by atoms with Gasteiger partial charge in [-0.25, -0.2) is 0 Å². The molecule has 5 heteroatoms. The van der Waals surface area contributed by atoms with Crippen LogP contribution in [-0.4, -0.2) is 54.5 Å². The van der Waals surface area contributed by atoms with Crippen molar-refractivity contribution < 1.29 is 9.53 Å². The Balaban J connectivity index is 0.00000167. The van der Waals surface area contributed by atoms with E-state index in [0.29, 0.717) is 17.7 Å². The van der Waals surface area contributed by atoms with Crippen LogP contribution >= 0.6 is 11.6 Å². The van der Waals surface area contributed by atoms with Crippen molar-refractivity contribution in [2.24, 2.45) is 0 Å². The van der Waals surface area contributed by atoms with Crippen LogP contribution in [0.5, 0.6) is 5.75 Å². The fraction of sp³-hybridized carbons (Fsp3) is 0.500. The molecule has 2 aliphatic rings. The molecule has 2 saturated heterocycles. The molecule has 0 aromatic heterocycles. The molecule has 2 heterocycles. The standard InChI is InChI=1S/C28H35ClN2O2.C2H6/c1-4-33-25-10-8-22(9-11-25)20(2)23-12-16-30(17-13-23)24-14-18-31(19-15-24)28(32)26-6-5-7-27(29)21(26)3;1-2/h5-11,24H,4,12-19H2,1-3H3;1-2H3. The molecule has 0 saturated carbocycles. The first kappa shape index (κ1) is 27.3. The zero-order valence-electron chi connectivity index (χ0n) is 22.1. The Morgan fingerprint density at radius 2 is 1.63 bits per heavy atom. The van der Waals surface area contributed by atoms with Gasteiger partial charge in [0.05, 0.1) is 6.61 Å². The quantitative estimate of drug-likeness (QED) is 0.437. The molecule has 0 radical (unpaired) electrons. The summed E-state index contributed by atoms with van der Waals surface area (Å²) in [5.74, 6) is 1.05. The van der Waals surface area contributed by atoms with Crippen molar-refractivity contribution in [2.45, 2.75) is 66.3 Å². The summed E-state index contributed by atoms with van der Waals surface area (Å²) < 4.78 is 5.57. The molecule has 1 amide bonds. The van der Waals surface area contributed by atoms with Crippen LogP contribution in [0, 0.1) is 6.92 Å². The molecule has 2 aliphatic heterocycles. The average Bonchev–Trinajstić information content (AvgIpc) is 2.91. The van der Waals surface area contributed by atoms with Crippen molar-refractivity contribution in [3.8, 4) is 5.75 Å². The second kappa shape index (κ2) is 13.1. The Hall–Kier alpha value is -2.30. The number of likely N-dealkylation sites (tertiary alicyclic amines) is 2. The number of hydrogen-bond acceptors (Lipinski definition) is 3. The van der Waals surface area contributed by atoms with E-state index < -0.39 is 0 Å². The van der Waals surface area contributed by atoms with Crippen LogP contribution in [0.2, 0.25) is 5.02 Å². The van der Waals surface area contributed by atoms with Crippen molar-refractivity contribution in [2.75, 3.05) is 32.8 Å². The lowest BCUT2D eigenvalue weighted by molar-refractivity contribution is 0.0607. The number of allylic oxidation sites excluding steroid dienone is 1. The Morgan fingerprint density at radius 3 is 2.23 bits per heavy atom. The summed E-state index contributed by atoms with van der Waals surface area (Å²) in [5, 5.41) is 0.661. The van der Waals surface area contributed by atoms with Crippen LogP contribution in [0.3, 0.4) is 0 Å². The van der Waals surface area contributed by atoms with E-state index in [-0.39, 0.29) is 5.91 Å². The minimum Gasteiger partial charge on any atom is -0.494 e. The Morgan fingerprint density at radius 1 is 1.00 bits per heavy atom. The minimum absolute atomic E-state index is 0.114. The third-order valence-corrected chi connectivity index (χ3v) is 7.71. The first-order chi connectivity index (χ1) is 17.0. The van der Waals surface area contributed by atoms with Gasteiger partial charge in [-0.2, -0.15) is 0 Å². The predicted octanol–water partition coefficient (Wildman–Crippen LogP) is 7.25. The monoisotopic (exact) mass is 496 g/mol. The third-order valence-electron chi connectivity index (χ3n) is 7.30. The van der Waals surface area contributed by atoms with Crippen LogP contribution in [0.1, 0.15) is 74.9 Å². The van der Waals surface area contributed by atoms with Gasteiger partial charge in [0.2, 0.25) is 0 Å². The first-order valence-corrected chi connectivity index (χ1v) is 13.6. The number of amides is 1. The summed E-state index contributed by atoms with van der Waals surface area (Å²) in [6.07, 6.45) is 4.34. The van der Waals surface area contributed by atoms with Gasteiger partial charge in [-0.15, -0.1) is 0 Å². The maximum absolute atomic E-state index is 13.0. The van der Waals surface area contributed by atoms with Gasteiger partial charge in [0.15, 0.2) is 0 Å². The summed E-state index contributed by atoms with van der Waals surface area (Å²) in [7, 11) is 0. The van der Waals surface area contributed by atoms with E-state index in [1.165, 1.54) is 11.1 Å². The summed E-state index contributed by atoms with van der Waals surface area (Å²) in [6, 6.07) is 14.7. The van der Waals surface area contributed by atoms with Gasteiger partial charge in [0.1, 0.15) is 5.75 Å². The van der Waals surface area contributed by atoms with Crippen LogP contribution in [-0.2, 0) is 0 Å². The van der Waals surface area contributed by atoms with E-state index in [2.05, 4.69) is 36.1 Å². The number of hydrogen-bond donors (Lipinski definition) is 0. The highest BCUT2D eigenvalue weighted by Crippen LogP contribution is 2.30. The maximum Gasteiger partial charge on any atom is 0.254 e. The highest BCUT2D eigenvalue weighted by Gasteiger charge is 2.29. The highest BCUT2D eigenvalue weighted by atomic mass is 35.5. The van der Waals surface area contributed by atoms with E-state index in [1.54, 1.807) is 5.57 Å². The fourth-order valence-electron chi connectivity index (χ4n) is 5.15. The zero-order chi connectivity index (χ0) is 25.4. The number of carbonyl (C=O) groups excluding carboxylic acids is 1. The molecule has 0 bridgehead atoms. The smallest absolute Gasteiger partial charge is 0.254 e. The fourth-order valence-corrected chi connectivity index (χ4v) is 5.32. The molecule has 4 rings (SSSR count). The molecular weight excluding hydrogens is 456 g/mol. The second-order valence-corrected chi connectivity index (χ2v) is 9.56. The van der Waals surface area contributed by atoms with E-state index in [9.17, 15) is 4.79 Å². The van der Waals surface area contributed by atoms with E-state index in [1.807, 2.05) is 50.8 Å². The Kier molecular flexibility index (Phi) is 10.2.